The van der Waals surface area contributed by atoms with Crippen molar-refractivity contribution in [2.75, 3.05) is 0 Å². The summed E-state index contributed by atoms with van der Waals surface area (Å²) in [5, 5.41) is 16.1. The molecule has 0 heterocycles. The molecule has 0 aromatic heterocycles. The molecule has 0 fully saturated rings. The summed E-state index contributed by atoms with van der Waals surface area (Å²) in [6.07, 6.45) is 0. The lowest BCUT2D eigenvalue weighted by molar-refractivity contribution is -0.386. The molecule has 0 bridgehead atoms. The van der Waals surface area contributed by atoms with Crippen molar-refractivity contribution in [3.8, 4) is 5.75 Å². The Balaban J connectivity index is 2.21. The Kier molecular flexibility index (Phi) is 5.20. The zero-order valence-corrected chi connectivity index (χ0v) is 14.1. The third-order valence-electron chi connectivity index (χ3n) is 3.50. The van der Waals surface area contributed by atoms with Gasteiger partial charge in [-0.25, -0.2) is 13.6 Å². The van der Waals surface area contributed by atoms with Crippen LogP contribution in [-0.2, 0) is 16.6 Å². The third kappa shape index (κ3) is 4.30. The van der Waals surface area contributed by atoms with Crippen LogP contribution in [0.3, 0.4) is 0 Å². The molecule has 2 aromatic rings. The second kappa shape index (κ2) is 6.98. The molecule has 0 radical (unpaired) electrons. The minimum absolute atomic E-state index is 0.0136. The summed E-state index contributed by atoms with van der Waals surface area (Å²) >= 11 is 0. The van der Waals surface area contributed by atoms with Gasteiger partial charge in [0.15, 0.2) is 5.75 Å². The predicted molar refractivity (Wildman–Crippen MR) is 89.3 cm³/mol. The predicted octanol–water partition coefficient (Wildman–Crippen LogP) is 2.94. The number of nitro benzene ring substituents is 1. The lowest BCUT2D eigenvalue weighted by atomic mass is 10.0. The van der Waals surface area contributed by atoms with Gasteiger partial charge in [-0.15, -0.1) is 0 Å². The van der Waals surface area contributed by atoms with Crippen LogP contribution in [0.25, 0.3) is 0 Å². The van der Waals surface area contributed by atoms with E-state index >= 15 is 0 Å². The Labute approximate surface area is 140 Å². The standard InChI is InChI=1S/C16H18N2O5S/c1-11(2)13-5-3-12(4-6-13)10-23-16-8-7-14(24(17,21)22)9-15(16)18(19)20/h3-9,11H,10H2,1-2H3,(H2,17,21,22). The highest BCUT2D eigenvalue weighted by atomic mass is 32.2. The molecule has 0 aliphatic heterocycles. The van der Waals surface area contributed by atoms with Crippen LogP contribution >= 0.6 is 0 Å². The van der Waals surface area contributed by atoms with Crippen molar-refractivity contribution in [3.05, 3.63) is 63.7 Å². The first-order valence-electron chi connectivity index (χ1n) is 7.21. The first-order chi connectivity index (χ1) is 11.2. The fourth-order valence-electron chi connectivity index (χ4n) is 2.10. The molecular weight excluding hydrogens is 332 g/mol. The number of ether oxygens (including phenoxy) is 1. The van der Waals surface area contributed by atoms with Crippen molar-refractivity contribution in [2.24, 2.45) is 5.14 Å². The van der Waals surface area contributed by atoms with Crippen molar-refractivity contribution in [3.63, 3.8) is 0 Å². The van der Waals surface area contributed by atoms with E-state index in [4.69, 9.17) is 9.88 Å². The van der Waals surface area contributed by atoms with E-state index in [-0.39, 0.29) is 17.3 Å². The number of benzene rings is 2. The molecule has 2 rings (SSSR count). The third-order valence-corrected chi connectivity index (χ3v) is 4.41. The van der Waals surface area contributed by atoms with Crippen molar-refractivity contribution < 1.29 is 18.1 Å². The quantitative estimate of drug-likeness (QED) is 0.636. The monoisotopic (exact) mass is 350 g/mol. The van der Waals surface area contributed by atoms with E-state index in [2.05, 4.69) is 13.8 Å². The summed E-state index contributed by atoms with van der Waals surface area (Å²) in [7, 11) is -4.02. The molecule has 7 nitrogen and oxygen atoms in total. The zero-order chi connectivity index (χ0) is 17.9. The van der Waals surface area contributed by atoms with Gasteiger partial charge in [-0.3, -0.25) is 10.1 Å². The molecule has 0 amide bonds. The van der Waals surface area contributed by atoms with Crippen LogP contribution in [0.1, 0.15) is 30.9 Å². The second-order valence-corrected chi connectivity index (χ2v) is 7.18. The Morgan fingerprint density at radius 1 is 1.17 bits per heavy atom. The maximum absolute atomic E-state index is 11.3. The molecule has 24 heavy (non-hydrogen) atoms. The van der Waals surface area contributed by atoms with Crippen LogP contribution in [0.4, 0.5) is 5.69 Å². The lowest BCUT2D eigenvalue weighted by Gasteiger charge is -2.09. The van der Waals surface area contributed by atoms with Crippen molar-refractivity contribution in [2.45, 2.75) is 31.3 Å². The molecule has 128 valence electrons. The smallest absolute Gasteiger partial charge is 0.312 e. The van der Waals surface area contributed by atoms with Crippen molar-refractivity contribution in [1.29, 1.82) is 0 Å². The van der Waals surface area contributed by atoms with Crippen LogP contribution < -0.4 is 9.88 Å². The molecule has 0 unspecified atom stereocenters. The minimum Gasteiger partial charge on any atom is -0.482 e. The maximum atomic E-state index is 11.3. The molecule has 0 saturated heterocycles. The van der Waals surface area contributed by atoms with Gasteiger partial charge in [0.25, 0.3) is 0 Å². The molecule has 0 saturated carbocycles. The first kappa shape index (κ1) is 17.9. The van der Waals surface area contributed by atoms with Gasteiger partial charge in [0.1, 0.15) is 6.61 Å². The second-order valence-electron chi connectivity index (χ2n) is 5.62. The summed E-state index contributed by atoms with van der Waals surface area (Å²) in [5.74, 6) is 0.396. The molecule has 0 aliphatic carbocycles. The summed E-state index contributed by atoms with van der Waals surface area (Å²) in [6.45, 7) is 4.30. The van der Waals surface area contributed by atoms with Gasteiger partial charge >= 0.3 is 5.69 Å². The average molecular weight is 350 g/mol. The molecule has 2 N–H and O–H groups in total. The molecule has 8 heteroatoms. The molecular formula is C16H18N2O5S. The molecule has 2 aromatic carbocycles. The minimum atomic E-state index is -4.02. The number of nitro groups is 1. The fourth-order valence-corrected chi connectivity index (χ4v) is 2.63. The van der Waals surface area contributed by atoms with E-state index < -0.39 is 20.6 Å². The van der Waals surface area contributed by atoms with Gasteiger partial charge in [0.05, 0.1) is 9.82 Å². The average Bonchev–Trinajstić information content (AvgIpc) is 2.52. The maximum Gasteiger partial charge on any atom is 0.312 e. The van der Waals surface area contributed by atoms with Gasteiger partial charge < -0.3 is 4.74 Å². The largest absolute Gasteiger partial charge is 0.482 e. The van der Waals surface area contributed by atoms with Crippen molar-refractivity contribution in [1.82, 2.24) is 0 Å². The molecule has 0 aliphatic rings. The van der Waals surface area contributed by atoms with Crippen molar-refractivity contribution >= 4 is 15.7 Å². The summed E-state index contributed by atoms with van der Waals surface area (Å²) in [5.41, 5.74) is 1.59. The van der Waals surface area contributed by atoms with Gasteiger partial charge in [0, 0.05) is 6.07 Å². The topological polar surface area (TPSA) is 113 Å². The highest BCUT2D eigenvalue weighted by molar-refractivity contribution is 7.89. The van der Waals surface area contributed by atoms with E-state index in [0.717, 1.165) is 11.6 Å². The van der Waals surface area contributed by atoms with E-state index in [1.54, 1.807) is 0 Å². The van der Waals surface area contributed by atoms with Crippen LogP contribution in [0.2, 0.25) is 0 Å². The number of rotatable bonds is 6. The Hall–Kier alpha value is -2.45. The zero-order valence-electron chi connectivity index (χ0n) is 13.3. The van der Waals surface area contributed by atoms with Crippen LogP contribution in [0.5, 0.6) is 5.75 Å². The van der Waals surface area contributed by atoms with Gasteiger partial charge in [-0.05, 0) is 29.2 Å². The van der Waals surface area contributed by atoms with Crippen LogP contribution in [0.15, 0.2) is 47.4 Å². The SMILES string of the molecule is CC(C)c1ccc(COc2ccc(S(N)(=O)=O)cc2[N+](=O)[O-])cc1. The summed E-state index contributed by atoms with van der Waals surface area (Å²) < 4.78 is 28.1. The van der Waals surface area contributed by atoms with E-state index in [1.807, 2.05) is 24.3 Å². The molecule has 0 spiro atoms. The Morgan fingerprint density at radius 3 is 2.29 bits per heavy atom. The van der Waals surface area contributed by atoms with Crippen LogP contribution in [-0.4, -0.2) is 13.3 Å². The summed E-state index contributed by atoms with van der Waals surface area (Å²) in [4.78, 5) is 10.1. The fraction of sp³-hybridized carbons (Fsp3) is 0.250. The summed E-state index contributed by atoms with van der Waals surface area (Å²) in [6, 6.07) is 11.0. The van der Waals surface area contributed by atoms with E-state index in [9.17, 15) is 18.5 Å². The Bertz CT molecular complexity index is 845. The van der Waals surface area contributed by atoms with Gasteiger partial charge in [0.2, 0.25) is 10.0 Å². The van der Waals surface area contributed by atoms with Gasteiger partial charge in [-0.1, -0.05) is 38.1 Å². The number of hydrogen-bond acceptors (Lipinski definition) is 5. The van der Waals surface area contributed by atoms with Gasteiger partial charge in [-0.2, -0.15) is 0 Å². The normalized spacial score (nSPS) is 11.5. The van der Waals surface area contributed by atoms with E-state index in [0.29, 0.717) is 5.92 Å². The number of nitrogens with two attached hydrogens (primary N) is 1. The van der Waals surface area contributed by atoms with Crippen LogP contribution in [0, 0.1) is 10.1 Å². The number of nitrogens with zero attached hydrogens (tertiary/aromatic N) is 1. The highest BCUT2D eigenvalue weighted by Crippen LogP contribution is 2.30. The number of sulfonamides is 1. The first-order valence-corrected chi connectivity index (χ1v) is 8.76. The molecule has 0 atom stereocenters. The number of primary sulfonamides is 1. The lowest BCUT2D eigenvalue weighted by Crippen LogP contribution is -2.12. The highest BCUT2D eigenvalue weighted by Gasteiger charge is 2.20. The van der Waals surface area contributed by atoms with E-state index in [1.165, 1.54) is 17.7 Å². The number of hydrogen-bond donors (Lipinski definition) is 1. The Morgan fingerprint density at radius 2 is 1.79 bits per heavy atom.